The summed E-state index contributed by atoms with van der Waals surface area (Å²) in [6, 6.07) is 5.75. The van der Waals surface area contributed by atoms with Gasteiger partial charge in [-0.25, -0.2) is 0 Å². The molecule has 4 nitrogen and oxygen atoms in total. The molecular formula is C12H6BrClF3N3O. The van der Waals surface area contributed by atoms with Gasteiger partial charge in [0.25, 0.3) is 5.91 Å². The predicted octanol–water partition coefficient (Wildman–Crippen LogP) is 4.16. The second kappa shape index (κ2) is 5.98. The molecule has 21 heavy (non-hydrogen) atoms. The predicted molar refractivity (Wildman–Crippen MR) is 74.1 cm³/mol. The summed E-state index contributed by atoms with van der Waals surface area (Å²) in [4.78, 5) is 11.8. The highest BCUT2D eigenvalue weighted by atomic mass is 79.9. The Balaban J connectivity index is 2.25. The van der Waals surface area contributed by atoms with Gasteiger partial charge >= 0.3 is 6.18 Å². The normalized spacial score (nSPS) is 11.3. The first-order chi connectivity index (χ1) is 9.75. The van der Waals surface area contributed by atoms with Crippen LogP contribution in [0.3, 0.4) is 0 Å². The first-order valence-corrected chi connectivity index (χ1v) is 6.61. The lowest BCUT2D eigenvalue weighted by Gasteiger charge is -2.10. The van der Waals surface area contributed by atoms with Crippen LogP contribution in [0.15, 0.2) is 34.8 Å². The molecule has 0 aliphatic rings. The number of anilines is 1. The van der Waals surface area contributed by atoms with Crippen LogP contribution in [0.25, 0.3) is 0 Å². The highest BCUT2D eigenvalue weighted by Crippen LogP contribution is 2.33. The summed E-state index contributed by atoms with van der Waals surface area (Å²) in [7, 11) is 0. The minimum absolute atomic E-state index is 0.0153. The van der Waals surface area contributed by atoms with Crippen LogP contribution in [0.4, 0.5) is 18.9 Å². The van der Waals surface area contributed by atoms with E-state index in [1.807, 2.05) is 0 Å². The molecule has 0 spiro atoms. The van der Waals surface area contributed by atoms with Gasteiger partial charge < -0.3 is 5.32 Å². The zero-order chi connectivity index (χ0) is 15.6. The number of alkyl halides is 3. The molecule has 1 aromatic carbocycles. The summed E-state index contributed by atoms with van der Waals surface area (Å²) in [5.41, 5.74) is -0.958. The van der Waals surface area contributed by atoms with Crippen molar-refractivity contribution in [3.05, 3.63) is 51.2 Å². The summed E-state index contributed by atoms with van der Waals surface area (Å²) in [6.07, 6.45) is -4.51. The molecule has 0 aliphatic carbocycles. The molecule has 0 atom stereocenters. The Morgan fingerprint density at radius 1 is 1.19 bits per heavy atom. The Hall–Kier alpha value is -1.67. The SMILES string of the molecule is O=C(Nc1cc(Br)cc(C(F)(F)F)c1)c1ccc(Cl)nn1. The molecule has 0 aliphatic heterocycles. The number of carbonyl (C=O) groups is 1. The van der Waals surface area contributed by atoms with Crippen molar-refractivity contribution < 1.29 is 18.0 Å². The van der Waals surface area contributed by atoms with Gasteiger partial charge in [0.1, 0.15) is 0 Å². The molecule has 110 valence electrons. The quantitative estimate of drug-likeness (QED) is 0.851. The van der Waals surface area contributed by atoms with E-state index in [-0.39, 0.29) is 21.0 Å². The molecule has 2 aromatic rings. The number of hydrogen-bond acceptors (Lipinski definition) is 3. The summed E-state index contributed by atoms with van der Waals surface area (Å²) in [5.74, 6) is -0.689. The van der Waals surface area contributed by atoms with Gasteiger partial charge in [-0.1, -0.05) is 27.5 Å². The fraction of sp³-hybridized carbons (Fsp3) is 0.0833. The molecule has 1 N–H and O–H groups in total. The molecule has 0 saturated carbocycles. The zero-order valence-electron chi connectivity index (χ0n) is 10.1. The minimum Gasteiger partial charge on any atom is -0.321 e. The van der Waals surface area contributed by atoms with Crippen LogP contribution >= 0.6 is 27.5 Å². The number of aromatic nitrogens is 2. The Morgan fingerprint density at radius 3 is 2.48 bits per heavy atom. The highest BCUT2D eigenvalue weighted by molar-refractivity contribution is 9.10. The number of carbonyl (C=O) groups excluding carboxylic acids is 1. The standard InChI is InChI=1S/C12H6BrClF3N3O/c13-7-3-6(12(15,16)17)4-8(5-7)18-11(21)9-1-2-10(14)20-19-9/h1-5H,(H,18,21). The molecule has 0 unspecified atom stereocenters. The van der Waals surface area contributed by atoms with Gasteiger partial charge in [-0.05, 0) is 30.3 Å². The molecular weight excluding hydrogens is 375 g/mol. The summed E-state index contributed by atoms with van der Waals surface area (Å²) in [5, 5.41) is 9.44. The van der Waals surface area contributed by atoms with E-state index in [1.54, 1.807) is 0 Å². The molecule has 0 fully saturated rings. The van der Waals surface area contributed by atoms with Crippen molar-refractivity contribution in [1.29, 1.82) is 0 Å². The Labute approximate surface area is 130 Å². The lowest BCUT2D eigenvalue weighted by Crippen LogP contribution is -2.15. The largest absolute Gasteiger partial charge is 0.416 e. The third-order valence-corrected chi connectivity index (χ3v) is 3.01. The maximum absolute atomic E-state index is 12.7. The Bertz CT molecular complexity index is 676. The van der Waals surface area contributed by atoms with Crippen LogP contribution in [0, 0.1) is 0 Å². The number of benzene rings is 1. The Kier molecular flexibility index (Phi) is 4.48. The van der Waals surface area contributed by atoms with Gasteiger partial charge in [0.2, 0.25) is 0 Å². The summed E-state index contributed by atoms with van der Waals surface area (Å²) in [6.45, 7) is 0. The van der Waals surface area contributed by atoms with E-state index in [9.17, 15) is 18.0 Å². The van der Waals surface area contributed by atoms with Crippen molar-refractivity contribution in [3.8, 4) is 0 Å². The first kappa shape index (κ1) is 15.7. The summed E-state index contributed by atoms with van der Waals surface area (Å²) >= 11 is 8.50. The Morgan fingerprint density at radius 2 is 1.90 bits per heavy atom. The van der Waals surface area contributed by atoms with E-state index in [4.69, 9.17) is 11.6 Å². The van der Waals surface area contributed by atoms with Crippen LogP contribution in [-0.4, -0.2) is 16.1 Å². The van der Waals surface area contributed by atoms with Crippen LogP contribution in [0.5, 0.6) is 0 Å². The maximum Gasteiger partial charge on any atom is 0.416 e. The fourth-order valence-electron chi connectivity index (χ4n) is 1.46. The number of hydrogen-bond donors (Lipinski definition) is 1. The smallest absolute Gasteiger partial charge is 0.321 e. The van der Waals surface area contributed by atoms with E-state index in [2.05, 4.69) is 31.4 Å². The van der Waals surface area contributed by atoms with E-state index in [1.165, 1.54) is 18.2 Å². The van der Waals surface area contributed by atoms with Crippen LogP contribution in [-0.2, 0) is 6.18 Å². The number of amides is 1. The fourth-order valence-corrected chi connectivity index (χ4v) is 2.05. The molecule has 2 rings (SSSR count). The van der Waals surface area contributed by atoms with Gasteiger partial charge in [0.15, 0.2) is 10.8 Å². The minimum atomic E-state index is -4.51. The van der Waals surface area contributed by atoms with Crippen molar-refractivity contribution in [2.75, 3.05) is 5.32 Å². The number of nitrogens with one attached hydrogen (secondary N) is 1. The molecule has 9 heteroatoms. The second-order valence-electron chi connectivity index (χ2n) is 3.92. The highest BCUT2D eigenvalue weighted by Gasteiger charge is 2.31. The number of nitrogens with zero attached hydrogens (tertiary/aromatic N) is 2. The third kappa shape index (κ3) is 4.15. The van der Waals surface area contributed by atoms with Crippen molar-refractivity contribution in [1.82, 2.24) is 10.2 Å². The van der Waals surface area contributed by atoms with Gasteiger partial charge in [0, 0.05) is 10.2 Å². The van der Waals surface area contributed by atoms with E-state index >= 15 is 0 Å². The van der Waals surface area contributed by atoms with Gasteiger partial charge in [-0.3, -0.25) is 4.79 Å². The van der Waals surface area contributed by atoms with Crippen LogP contribution in [0.2, 0.25) is 5.15 Å². The van der Waals surface area contributed by atoms with Gasteiger partial charge in [-0.15, -0.1) is 10.2 Å². The molecule has 0 radical (unpaired) electrons. The number of rotatable bonds is 2. The molecule has 1 amide bonds. The summed E-state index contributed by atoms with van der Waals surface area (Å²) < 4.78 is 38.2. The average molecular weight is 381 g/mol. The van der Waals surface area contributed by atoms with Crippen molar-refractivity contribution in [2.45, 2.75) is 6.18 Å². The third-order valence-electron chi connectivity index (χ3n) is 2.35. The second-order valence-corrected chi connectivity index (χ2v) is 5.22. The van der Waals surface area contributed by atoms with E-state index in [0.29, 0.717) is 0 Å². The lowest BCUT2D eigenvalue weighted by atomic mass is 10.2. The van der Waals surface area contributed by atoms with Crippen molar-refractivity contribution in [3.63, 3.8) is 0 Å². The molecule has 1 heterocycles. The van der Waals surface area contributed by atoms with Crippen LogP contribution in [0.1, 0.15) is 16.1 Å². The first-order valence-electron chi connectivity index (χ1n) is 5.44. The molecule has 0 saturated heterocycles. The van der Waals surface area contributed by atoms with Crippen molar-refractivity contribution >= 4 is 39.1 Å². The average Bonchev–Trinajstić information content (AvgIpc) is 2.37. The van der Waals surface area contributed by atoms with Gasteiger partial charge in [0.05, 0.1) is 5.56 Å². The maximum atomic E-state index is 12.7. The van der Waals surface area contributed by atoms with E-state index in [0.717, 1.165) is 12.1 Å². The monoisotopic (exact) mass is 379 g/mol. The van der Waals surface area contributed by atoms with E-state index < -0.39 is 17.6 Å². The molecule has 0 bridgehead atoms. The number of halogens is 5. The molecule has 1 aromatic heterocycles. The van der Waals surface area contributed by atoms with Crippen molar-refractivity contribution in [2.24, 2.45) is 0 Å². The zero-order valence-corrected chi connectivity index (χ0v) is 12.4. The topological polar surface area (TPSA) is 54.9 Å². The lowest BCUT2D eigenvalue weighted by molar-refractivity contribution is -0.137. The van der Waals surface area contributed by atoms with Crippen LogP contribution < -0.4 is 5.32 Å². The van der Waals surface area contributed by atoms with Gasteiger partial charge in [-0.2, -0.15) is 13.2 Å².